The summed E-state index contributed by atoms with van der Waals surface area (Å²) in [6.07, 6.45) is 0.836. The summed E-state index contributed by atoms with van der Waals surface area (Å²) in [5, 5.41) is 0. The van der Waals surface area contributed by atoms with Crippen LogP contribution in [-0.2, 0) is 6.54 Å². The first-order valence-corrected chi connectivity index (χ1v) is 10.9. The lowest BCUT2D eigenvalue weighted by Crippen LogP contribution is -2.35. The van der Waals surface area contributed by atoms with Gasteiger partial charge < -0.3 is 15.4 Å². The van der Waals surface area contributed by atoms with E-state index in [0.29, 0.717) is 54.4 Å². The molecule has 0 bridgehead atoms. The van der Waals surface area contributed by atoms with Crippen molar-refractivity contribution in [3.8, 4) is 11.5 Å². The number of benzene rings is 3. The number of halogens is 1. The summed E-state index contributed by atoms with van der Waals surface area (Å²) in [6.45, 7) is 3.32. The maximum Gasteiger partial charge on any atom is 0.253 e. The highest BCUT2D eigenvalue weighted by atomic mass is 19.1. The van der Waals surface area contributed by atoms with E-state index in [1.54, 1.807) is 60.7 Å². The van der Waals surface area contributed by atoms with Crippen molar-refractivity contribution in [2.45, 2.75) is 13.0 Å². The molecule has 0 spiro atoms. The first-order chi connectivity index (χ1) is 16.0. The van der Waals surface area contributed by atoms with Crippen LogP contribution in [0.3, 0.4) is 0 Å². The zero-order valence-electron chi connectivity index (χ0n) is 18.2. The average Bonchev–Trinajstić information content (AvgIpc) is 3.06. The Morgan fingerprint density at radius 1 is 0.818 bits per heavy atom. The lowest BCUT2D eigenvalue weighted by molar-refractivity contribution is 0.0760. The maximum absolute atomic E-state index is 14.0. The minimum Gasteiger partial charge on any atom is -0.457 e. The quantitative estimate of drug-likeness (QED) is 0.618. The molecule has 0 aromatic heterocycles. The number of hydrogen-bond donors (Lipinski definition) is 1. The van der Waals surface area contributed by atoms with Gasteiger partial charge in [-0.2, -0.15) is 0 Å². The summed E-state index contributed by atoms with van der Waals surface area (Å²) < 4.78 is 19.8. The Labute approximate surface area is 192 Å². The molecule has 7 heteroatoms. The molecule has 3 aromatic carbocycles. The Morgan fingerprint density at radius 2 is 1.45 bits per heavy atom. The van der Waals surface area contributed by atoms with Crippen molar-refractivity contribution in [3.63, 3.8) is 0 Å². The van der Waals surface area contributed by atoms with E-state index in [1.807, 2.05) is 11.0 Å². The van der Waals surface area contributed by atoms with Crippen LogP contribution in [0.1, 0.15) is 32.7 Å². The van der Waals surface area contributed by atoms with Gasteiger partial charge in [0, 0.05) is 49.4 Å². The zero-order valence-corrected chi connectivity index (χ0v) is 18.2. The van der Waals surface area contributed by atoms with E-state index >= 15 is 0 Å². The van der Waals surface area contributed by atoms with Gasteiger partial charge in [0.05, 0.1) is 0 Å². The van der Waals surface area contributed by atoms with Gasteiger partial charge in [0.25, 0.3) is 5.91 Å². The molecule has 0 saturated carbocycles. The Balaban J connectivity index is 1.34. The Morgan fingerprint density at radius 3 is 2.09 bits per heavy atom. The lowest BCUT2D eigenvalue weighted by atomic mass is 10.2. The van der Waals surface area contributed by atoms with Crippen LogP contribution in [0.5, 0.6) is 11.5 Å². The third-order valence-electron chi connectivity index (χ3n) is 5.70. The fraction of sp³-hybridized carbons (Fsp3) is 0.231. The van der Waals surface area contributed by atoms with Crippen LogP contribution in [0.4, 0.5) is 4.39 Å². The van der Waals surface area contributed by atoms with Gasteiger partial charge in [-0.1, -0.05) is 18.2 Å². The van der Waals surface area contributed by atoms with Gasteiger partial charge in [-0.3, -0.25) is 14.5 Å². The summed E-state index contributed by atoms with van der Waals surface area (Å²) in [4.78, 5) is 28.2. The standard InChI is InChI=1S/C26H26FN3O3/c27-24-5-2-1-4-21(24)18-29-14-3-15-30(17-16-29)26(32)20-8-12-23(13-9-20)33-22-10-6-19(7-11-22)25(28)31/h1-2,4-13H,3,14-18H2,(H2,28,31). The van der Waals surface area contributed by atoms with E-state index in [1.165, 1.54) is 6.07 Å². The molecule has 1 heterocycles. The zero-order chi connectivity index (χ0) is 23.2. The fourth-order valence-electron chi connectivity index (χ4n) is 3.87. The summed E-state index contributed by atoms with van der Waals surface area (Å²) in [5.74, 6) is 0.445. The Hall–Kier alpha value is -3.71. The second-order valence-corrected chi connectivity index (χ2v) is 8.03. The topological polar surface area (TPSA) is 75.9 Å². The number of rotatable bonds is 6. The highest BCUT2D eigenvalue weighted by Crippen LogP contribution is 2.23. The molecule has 4 rings (SSSR count). The molecule has 0 atom stereocenters. The van der Waals surface area contributed by atoms with Crippen molar-refractivity contribution < 1.29 is 18.7 Å². The van der Waals surface area contributed by atoms with E-state index in [2.05, 4.69) is 4.90 Å². The summed E-state index contributed by atoms with van der Waals surface area (Å²) in [7, 11) is 0. The minimum absolute atomic E-state index is 0.0277. The number of nitrogens with zero attached hydrogens (tertiary/aromatic N) is 2. The van der Waals surface area contributed by atoms with Crippen LogP contribution in [0.2, 0.25) is 0 Å². The fourth-order valence-corrected chi connectivity index (χ4v) is 3.87. The van der Waals surface area contributed by atoms with Gasteiger partial charge in [0.1, 0.15) is 17.3 Å². The SMILES string of the molecule is NC(=O)c1ccc(Oc2ccc(C(=O)N3CCCN(Cc4ccccc4F)CC3)cc2)cc1. The van der Waals surface area contributed by atoms with Crippen LogP contribution >= 0.6 is 0 Å². The number of carbonyl (C=O) groups excluding carboxylic acids is 2. The Kier molecular flexibility index (Phi) is 7.00. The van der Waals surface area contributed by atoms with E-state index in [9.17, 15) is 14.0 Å². The van der Waals surface area contributed by atoms with Gasteiger partial charge in [-0.25, -0.2) is 4.39 Å². The van der Waals surface area contributed by atoms with Crippen LogP contribution in [-0.4, -0.2) is 47.8 Å². The smallest absolute Gasteiger partial charge is 0.253 e. The van der Waals surface area contributed by atoms with Crippen molar-refractivity contribution in [2.24, 2.45) is 5.73 Å². The van der Waals surface area contributed by atoms with E-state index < -0.39 is 5.91 Å². The molecule has 1 aliphatic rings. The van der Waals surface area contributed by atoms with Crippen molar-refractivity contribution >= 4 is 11.8 Å². The first-order valence-electron chi connectivity index (χ1n) is 10.9. The molecule has 0 radical (unpaired) electrons. The van der Waals surface area contributed by atoms with Crippen molar-refractivity contribution in [3.05, 3.63) is 95.3 Å². The summed E-state index contributed by atoms with van der Waals surface area (Å²) in [6, 6.07) is 20.4. The normalized spacial score (nSPS) is 14.5. The highest BCUT2D eigenvalue weighted by molar-refractivity contribution is 5.94. The molecule has 3 aromatic rings. The largest absolute Gasteiger partial charge is 0.457 e. The Bertz CT molecular complexity index is 1120. The molecule has 6 nitrogen and oxygen atoms in total. The van der Waals surface area contributed by atoms with E-state index in [-0.39, 0.29) is 11.7 Å². The molecule has 170 valence electrons. The lowest BCUT2D eigenvalue weighted by Gasteiger charge is -2.22. The number of carbonyl (C=O) groups is 2. The van der Waals surface area contributed by atoms with Crippen molar-refractivity contribution in [1.29, 1.82) is 0 Å². The van der Waals surface area contributed by atoms with Gasteiger partial charge in [0.15, 0.2) is 0 Å². The molecular formula is C26H26FN3O3. The number of ether oxygens (including phenoxy) is 1. The first kappa shape index (κ1) is 22.5. The maximum atomic E-state index is 14.0. The highest BCUT2D eigenvalue weighted by Gasteiger charge is 2.21. The summed E-state index contributed by atoms with van der Waals surface area (Å²) >= 11 is 0. The number of primary amides is 1. The molecule has 2 N–H and O–H groups in total. The molecular weight excluding hydrogens is 421 g/mol. The predicted octanol–water partition coefficient (Wildman–Crippen LogP) is 4.07. The minimum atomic E-state index is -0.492. The van der Waals surface area contributed by atoms with Gasteiger partial charge in [-0.15, -0.1) is 0 Å². The molecule has 0 unspecified atom stereocenters. The van der Waals surface area contributed by atoms with Gasteiger partial charge in [0.2, 0.25) is 5.91 Å². The second kappa shape index (κ2) is 10.3. The number of nitrogens with two attached hydrogens (primary N) is 1. The van der Waals surface area contributed by atoms with Crippen LogP contribution in [0.15, 0.2) is 72.8 Å². The molecule has 0 aliphatic carbocycles. The van der Waals surface area contributed by atoms with Gasteiger partial charge >= 0.3 is 0 Å². The number of amides is 2. The van der Waals surface area contributed by atoms with Crippen molar-refractivity contribution in [2.75, 3.05) is 26.2 Å². The second-order valence-electron chi connectivity index (χ2n) is 8.03. The molecule has 33 heavy (non-hydrogen) atoms. The molecule has 1 aliphatic heterocycles. The van der Waals surface area contributed by atoms with Crippen LogP contribution in [0, 0.1) is 5.82 Å². The third kappa shape index (κ3) is 5.75. The molecule has 1 fully saturated rings. The van der Waals surface area contributed by atoms with Crippen LogP contribution in [0.25, 0.3) is 0 Å². The molecule has 1 saturated heterocycles. The predicted molar refractivity (Wildman–Crippen MR) is 124 cm³/mol. The van der Waals surface area contributed by atoms with Crippen molar-refractivity contribution in [1.82, 2.24) is 9.80 Å². The van der Waals surface area contributed by atoms with E-state index in [0.717, 1.165) is 13.0 Å². The number of hydrogen-bond acceptors (Lipinski definition) is 4. The summed E-state index contributed by atoms with van der Waals surface area (Å²) in [5.41, 5.74) is 6.93. The van der Waals surface area contributed by atoms with Gasteiger partial charge in [-0.05, 0) is 61.0 Å². The third-order valence-corrected chi connectivity index (χ3v) is 5.70. The van der Waals surface area contributed by atoms with Crippen LogP contribution < -0.4 is 10.5 Å². The van der Waals surface area contributed by atoms with E-state index in [4.69, 9.17) is 10.5 Å². The average molecular weight is 448 g/mol. The monoisotopic (exact) mass is 447 g/mol. The molecule has 2 amide bonds.